The molecule has 1 aliphatic carbocycles. The van der Waals surface area contributed by atoms with Gasteiger partial charge in [-0.25, -0.2) is 9.37 Å². The van der Waals surface area contributed by atoms with Gasteiger partial charge in [0.1, 0.15) is 5.82 Å². The summed E-state index contributed by atoms with van der Waals surface area (Å²) >= 11 is 5.01. The van der Waals surface area contributed by atoms with Gasteiger partial charge in [0.25, 0.3) is 5.91 Å². The predicted molar refractivity (Wildman–Crippen MR) is 93.5 cm³/mol. The van der Waals surface area contributed by atoms with Crippen LogP contribution in [0.1, 0.15) is 45.2 Å². The van der Waals surface area contributed by atoms with E-state index in [4.69, 9.17) is 4.98 Å². The lowest BCUT2D eigenvalue weighted by Gasteiger charge is -2.06. The normalized spacial score (nSPS) is 13.7. The second kappa shape index (κ2) is 7.53. The van der Waals surface area contributed by atoms with Crippen LogP contribution in [0.4, 0.5) is 4.39 Å². The van der Waals surface area contributed by atoms with Gasteiger partial charge in [0.05, 0.1) is 10.7 Å². The summed E-state index contributed by atoms with van der Waals surface area (Å²) in [6.45, 7) is 0.567. The number of aromatic nitrogens is 1. The van der Waals surface area contributed by atoms with Gasteiger partial charge >= 0.3 is 0 Å². The van der Waals surface area contributed by atoms with Crippen LogP contribution >= 0.6 is 27.3 Å². The van der Waals surface area contributed by atoms with Crippen molar-refractivity contribution >= 4 is 33.2 Å². The molecule has 1 amide bonds. The van der Waals surface area contributed by atoms with Crippen LogP contribution < -0.4 is 5.32 Å². The Balaban J connectivity index is 1.47. The van der Waals surface area contributed by atoms with E-state index in [-0.39, 0.29) is 5.91 Å². The number of halogens is 2. The molecule has 1 heterocycles. The van der Waals surface area contributed by atoms with Gasteiger partial charge in [-0.15, -0.1) is 11.3 Å². The zero-order chi connectivity index (χ0) is 16.2. The van der Waals surface area contributed by atoms with Gasteiger partial charge in [-0.1, -0.05) is 15.9 Å². The third kappa shape index (κ3) is 4.38. The minimum absolute atomic E-state index is 0.247. The molecule has 3 rings (SSSR count). The SMILES string of the molecule is O=C(NCCCc1nc2c(s1)CCCC2)c1cc(F)cc(Br)c1. The van der Waals surface area contributed by atoms with Gasteiger partial charge in [-0.3, -0.25) is 4.79 Å². The van der Waals surface area contributed by atoms with Crippen LogP contribution in [0.2, 0.25) is 0 Å². The molecule has 0 atom stereocenters. The highest BCUT2D eigenvalue weighted by atomic mass is 79.9. The molecule has 0 bridgehead atoms. The average Bonchev–Trinajstić information content (AvgIpc) is 2.93. The molecule has 1 aromatic carbocycles. The molecule has 0 unspecified atom stereocenters. The van der Waals surface area contributed by atoms with E-state index in [2.05, 4.69) is 21.2 Å². The predicted octanol–water partition coefficient (Wildman–Crippen LogP) is 4.29. The second-order valence-corrected chi connectivity index (χ2v) is 7.79. The molecule has 0 radical (unpaired) electrons. The molecule has 0 fully saturated rings. The van der Waals surface area contributed by atoms with Crippen molar-refractivity contribution in [3.05, 3.63) is 49.6 Å². The van der Waals surface area contributed by atoms with E-state index in [9.17, 15) is 9.18 Å². The molecule has 0 spiro atoms. The van der Waals surface area contributed by atoms with Crippen LogP contribution in [-0.4, -0.2) is 17.4 Å². The zero-order valence-corrected chi connectivity index (χ0v) is 15.1. The number of carbonyl (C=O) groups is 1. The molecule has 1 N–H and O–H groups in total. The van der Waals surface area contributed by atoms with Gasteiger partial charge in [0.2, 0.25) is 0 Å². The first-order valence-corrected chi connectivity index (χ1v) is 9.44. The first-order chi connectivity index (χ1) is 11.1. The number of nitrogens with one attached hydrogen (secondary N) is 1. The third-order valence-electron chi connectivity index (χ3n) is 3.87. The summed E-state index contributed by atoms with van der Waals surface area (Å²) in [5.41, 5.74) is 1.62. The molecule has 3 nitrogen and oxygen atoms in total. The molecule has 1 aliphatic rings. The first kappa shape index (κ1) is 16.6. The van der Waals surface area contributed by atoms with E-state index in [1.54, 1.807) is 6.07 Å². The minimum atomic E-state index is -0.419. The van der Waals surface area contributed by atoms with Crippen molar-refractivity contribution in [1.29, 1.82) is 0 Å². The van der Waals surface area contributed by atoms with Gasteiger partial charge < -0.3 is 5.32 Å². The number of thiazole rings is 1. The number of hydrogen-bond donors (Lipinski definition) is 1. The van der Waals surface area contributed by atoms with Crippen LogP contribution in [0, 0.1) is 5.82 Å². The Morgan fingerprint density at radius 2 is 2.13 bits per heavy atom. The van der Waals surface area contributed by atoms with Gasteiger partial charge in [-0.2, -0.15) is 0 Å². The van der Waals surface area contributed by atoms with Crippen LogP contribution in [-0.2, 0) is 19.3 Å². The van der Waals surface area contributed by atoms with Gasteiger partial charge in [0, 0.05) is 27.9 Å². The van der Waals surface area contributed by atoms with Crippen LogP contribution in [0.5, 0.6) is 0 Å². The van der Waals surface area contributed by atoms with Crippen LogP contribution in [0.25, 0.3) is 0 Å². The van der Waals surface area contributed by atoms with Crippen LogP contribution in [0.3, 0.4) is 0 Å². The Morgan fingerprint density at radius 1 is 1.30 bits per heavy atom. The van der Waals surface area contributed by atoms with E-state index >= 15 is 0 Å². The quantitative estimate of drug-likeness (QED) is 0.765. The molecule has 6 heteroatoms. The van der Waals surface area contributed by atoms with E-state index in [0.29, 0.717) is 16.6 Å². The molecule has 1 aromatic heterocycles. The Labute approximate surface area is 147 Å². The van der Waals surface area contributed by atoms with Crippen molar-refractivity contribution in [3.63, 3.8) is 0 Å². The van der Waals surface area contributed by atoms with Crippen molar-refractivity contribution in [2.75, 3.05) is 6.54 Å². The number of carbonyl (C=O) groups excluding carboxylic acids is 1. The molecule has 23 heavy (non-hydrogen) atoms. The third-order valence-corrected chi connectivity index (χ3v) is 5.54. The highest BCUT2D eigenvalue weighted by Gasteiger charge is 2.15. The van der Waals surface area contributed by atoms with E-state index in [1.807, 2.05) is 11.3 Å². The van der Waals surface area contributed by atoms with Crippen molar-refractivity contribution < 1.29 is 9.18 Å². The number of amides is 1. The fourth-order valence-electron chi connectivity index (χ4n) is 2.74. The zero-order valence-electron chi connectivity index (χ0n) is 12.7. The average molecular weight is 397 g/mol. The van der Waals surface area contributed by atoms with Crippen molar-refractivity contribution in [3.8, 4) is 0 Å². The Morgan fingerprint density at radius 3 is 2.91 bits per heavy atom. The van der Waals surface area contributed by atoms with Crippen molar-refractivity contribution in [1.82, 2.24) is 10.3 Å². The number of nitrogens with zero attached hydrogens (tertiary/aromatic N) is 1. The van der Waals surface area contributed by atoms with Crippen molar-refractivity contribution in [2.45, 2.75) is 38.5 Å². The largest absolute Gasteiger partial charge is 0.352 e. The fraction of sp³-hybridized carbons (Fsp3) is 0.412. The molecule has 2 aromatic rings. The standard InChI is InChI=1S/C17H18BrFN2OS/c18-12-8-11(9-13(19)10-12)17(22)20-7-3-6-16-21-14-4-1-2-5-15(14)23-16/h8-10H,1-7H2,(H,20,22). The van der Waals surface area contributed by atoms with Gasteiger partial charge in [0.15, 0.2) is 0 Å². The Kier molecular flexibility index (Phi) is 5.43. The number of benzene rings is 1. The Hall–Kier alpha value is -1.27. The summed E-state index contributed by atoms with van der Waals surface area (Å²) in [6.07, 6.45) is 6.51. The molecule has 0 aliphatic heterocycles. The van der Waals surface area contributed by atoms with Gasteiger partial charge in [-0.05, 0) is 50.3 Å². The first-order valence-electron chi connectivity index (χ1n) is 7.83. The molecular formula is C17H18BrFN2OS. The second-order valence-electron chi connectivity index (χ2n) is 5.70. The summed E-state index contributed by atoms with van der Waals surface area (Å²) in [7, 11) is 0. The summed E-state index contributed by atoms with van der Waals surface area (Å²) in [4.78, 5) is 18.2. The lowest BCUT2D eigenvalue weighted by Crippen LogP contribution is -2.24. The molecule has 0 saturated heterocycles. The summed E-state index contributed by atoms with van der Waals surface area (Å²) in [5, 5.41) is 4.00. The maximum absolute atomic E-state index is 13.3. The summed E-state index contributed by atoms with van der Waals surface area (Å²) in [5.74, 6) is -0.665. The highest BCUT2D eigenvalue weighted by molar-refractivity contribution is 9.10. The number of rotatable bonds is 5. The maximum Gasteiger partial charge on any atom is 0.251 e. The highest BCUT2D eigenvalue weighted by Crippen LogP contribution is 2.27. The molecule has 0 saturated carbocycles. The number of hydrogen-bond acceptors (Lipinski definition) is 3. The smallest absolute Gasteiger partial charge is 0.251 e. The lowest BCUT2D eigenvalue weighted by atomic mass is 10.0. The lowest BCUT2D eigenvalue weighted by molar-refractivity contribution is 0.0952. The Bertz CT molecular complexity index is 673. The molecular weight excluding hydrogens is 379 g/mol. The maximum atomic E-state index is 13.3. The van der Waals surface area contributed by atoms with Crippen molar-refractivity contribution in [2.24, 2.45) is 0 Å². The van der Waals surface area contributed by atoms with Crippen LogP contribution in [0.15, 0.2) is 22.7 Å². The van der Waals surface area contributed by atoms with E-state index < -0.39 is 5.82 Å². The summed E-state index contributed by atoms with van der Waals surface area (Å²) < 4.78 is 13.9. The number of aryl methyl sites for hydroxylation is 3. The minimum Gasteiger partial charge on any atom is -0.352 e. The van der Waals surface area contributed by atoms with E-state index in [0.717, 1.165) is 25.7 Å². The monoisotopic (exact) mass is 396 g/mol. The topological polar surface area (TPSA) is 42.0 Å². The fourth-order valence-corrected chi connectivity index (χ4v) is 4.40. The summed E-state index contributed by atoms with van der Waals surface area (Å²) in [6, 6.07) is 4.20. The number of fused-ring (bicyclic) bond motifs is 1. The molecule has 122 valence electrons. The van der Waals surface area contributed by atoms with E-state index in [1.165, 1.54) is 40.6 Å².